The molecule has 2 rings (SSSR count). The van der Waals surface area contributed by atoms with E-state index in [4.69, 9.17) is 10.7 Å². The first-order valence-corrected chi connectivity index (χ1v) is 8.98. The average Bonchev–Trinajstić information content (AvgIpc) is 2.76. The Hall–Kier alpha value is -0.990. The molecule has 0 amide bonds. The fourth-order valence-electron chi connectivity index (χ4n) is 1.88. The molecule has 5 nitrogen and oxygen atoms in total. The van der Waals surface area contributed by atoms with Crippen LogP contribution in [0.15, 0.2) is 27.8 Å². The minimum Gasteiger partial charge on any atom is -0.291 e. The predicted octanol–water partition coefficient (Wildman–Crippen LogP) is 3.53. The third-order valence-electron chi connectivity index (χ3n) is 2.71. The number of halogens is 3. The fourth-order valence-corrected chi connectivity index (χ4v) is 3.34. The molecular formula is C12H12BrClFN3O2S. The normalized spacial score (nSPS) is 12.7. The summed E-state index contributed by atoms with van der Waals surface area (Å²) in [5.74, 6) is -0.265. The number of hydrogen-bond donors (Lipinski definition) is 0. The average molecular weight is 397 g/mol. The van der Waals surface area contributed by atoms with E-state index in [1.54, 1.807) is 26.8 Å². The van der Waals surface area contributed by atoms with E-state index in [-0.39, 0.29) is 15.5 Å². The van der Waals surface area contributed by atoms with Crippen molar-refractivity contribution in [3.8, 4) is 11.4 Å². The Labute approximate surface area is 134 Å². The van der Waals surface area contributed by atoms with Crippen molar-refractivity contribution in [2.24, 2.45) is 0 Å². The highest BCUT2D eigenvalue weighted by molar-refractivity contribution is 9.10. The number of rotatable bonds is 2. The van der Waals surface area contributed by atoms with Crippen molar-refractivity contribution in [3.05, 3.63) is 28.5 Å². The minimum atomic E-state index is -4.07. The van der Waals surface area contributed by atoms with Crippen molar-refractivity contribution < 1.29 is 12.8 Å². The Bertz CT molecular complexity index is 799. The zero-order chi connectivity index (χ0) is 16.0. The monoisotopic (exact) mass is 395 g/mol. The van der Waals surface area contributed by atoms with Crippen molar-refractivity contribution in [2.45, 2.75) is 31.5 Å². The Morgan fingerprint density at radius 3 is 2.43 bits per heavy atom. The fraction of sp³-hybridized carbons (Fsp3) is 0.333. The molecule has 1 aromatic carbocycles. The highest BCUT2D eigenvalue weighted by atomic mass is 79.9. The van der Waals surface area contributed by atoms with E-state index in [9.17, 15) is 12.8 Å². The molecule has 9 heteroatoms. The van der Waals surface area contributed by atoms with E-state index < -0.39 is 20.4 Å². The standard InChI is InChI=1S/C12H12BrClFN3O2S/c1-12(2,3)18-10(16-17-11(18)21(14,19)20)7-5-4-6-8(15)9(7)13/h4-6H,1-3H3. The number of benzene rings is 1. The van der Waals surface area contributed by atoms with Gasteiger partial charge in [-0.2, -0.15) is 0 Å². The topological polar surface area (TPSA) is 64.8 Å². The Kier molecular flexibility index (Phi) is 4.16. The molecule has 0 aliphatic heterocycles. The van der Waals surface area contributed by atoms with Gasteiger partial charge in [-0.3, -0.25) is 4.57 Å². The van der Waals surface area contributed by atoms with Gasteiger partial charge in [0.15, 0.2) is 5.82 Å². The Morgan fingerprint density at radius 2 is 1.90 bits per heavy atom. The zero-order valence-electron chi connectivity index (χ0n) is 11.4. The molecular weight excluding hydrogens is 385 g/mol. The SMILES string of the molecule is CC(C)(C)n1c(-c2cccc(F)c2Br)nnc1S(=O)(=O)Cl. The molecule has 0 aliphatic carbocycles. The van der Waals surface area contributed by atoms with Gasteiger partial charge < -0.3 is 0 Å². The van der Waals surface area contributed by atoms with Crippen LogP contribution >= 0.6 is 26.6 Å². The minimum absolute atomic E-state index is 0.182. The van der Waals surface area contributed by atoms with Gasteiger partial charge in [-0.15, -0.1) is 10.2 Å². The van der Waals surface area contributed by atoms with E-state index in [0.717, 1.165) is 0 Å². The molecule has 0 saturated carbocycles. The molecule has 1 heterocycles. The first-order valence-electron chi connectivity index (χ1n) is 5.88. The molecule has 0 aliphatic rings. The molecule has 114 valence electrons. The number of nitrogens with zero attached hydrogens (tertiary/aromatic N) is 3. The Balaban J connectivity index is 2.83. The van der Waals surface area contributed by atoms with E-state index >= 15 is 0 Å². The van der Waals surface area contributed by atoms with Gasteiger partial charge in [0.2, 0.25) is 0 Å². The van der Waals surface area contributed by atoms with E-state index in [1.807, 2.05) is 0 Å². The number of hydrogen-bond acceptors (Lipinski definition) is 4. The molecule has 21 heavy (non-hydrogen) atoms. The predicted molar refractivity (Wildman–Crippen MR) is 81.2 cm³/mol. The van der Waals surface area contributed by atoms with Crippen LogP contribution in [-0.4, -0.2) is 23.2 Å². The molecule has 0 unspecified atom stereocenters. The lowest BCUT2D eigenvalue weighted by Crippen LogP contribution is -2.26. The van der Waals surface area contributed by atoms with Gasteiger partial charge in [-0.05, 0) is 48.8 Å². The van der Waals surface area contributed by atoms with Gasteiger partial charge in [0.1, 0.15) is 5.82 Å². The summed E-state index contributed by atoms with van der Waals surface area (Å²) in [7, 11) is 1.33. The van der Waals surface area contributed by atoms with Crippen LogP contribution in [0.5, 0.6) is 0 Å². The molecule has 0 bridgehead atoms. The van der Waals surface area contributed by atoms with Gasteiger partial charge in [0.05, 0.1) is 4.47 Å². The molecule has 0 saturated heterocycles. The summed E-state index contributed by atoms with van der Waals surface area (Å²) in [5.41, 5.74) is -0.272. The van der Waals surface area contributed by atoms with Crippen LogP contribution in [0.4, 0.5) is 4.39 Å². The summed E-state index contributed by atoms with van der Waals surface area (Å²) in [6.45, 7) is 5.33. The lowest BCUT2D eigenvalue weighted by atomic mass is 10.1. The zero-order valence-corrected chi connectivity index (χ0v) is 14.6. The van der Waals surface area contributed by atoms with Crippen molar-refractivity contribution in [2.75, 3.05) is 0 Å². The molecule has 0 fully saturated rings. The maximum absolute atomic E-state index is 13.7. The number of aromatic nitrogens is 3. The van der Waals surface area contributed by atoms with Gasteiger partial charge in [-0.1, -0.05) is 6.07 Å². The smallest absolute Gasteiger partial charge is 0.291 e. The van der Waals surface area contributed by atoms with Crippen molar-refractivity contribution in [1.29, 1.82) is 0 Å². The van der Waals surface area contributed by atoms with Crippen LogP contribution in [-0.2, 0) is 14.6 Å². The summed E-state index contributed by atoms with van der Waals surface area (Å²) in [6, 6.07) is 4.40. The van der Waals surface area contributed by atoms with Gasteiger partial charge in [-0.25, -0.2) is 12.8 Å². The van der Waals surface area contributed by atoms with Crippen molar-refractivity contribution in [1.82, 2.24) is 14.8 Å². The highest BCUT2D eigenvalue weighted by Crippen LogP contribution is 2.34. The lowest BCUT2D eigenvalue weighted by molar-refractivity contribution is 0.367. The largest absolute Gasteiger partial charge is 0.296 e. The second-order valence-electron chi connectivity index (χ2n) is 5.35. The van der Waals surface area contributed by atoms with E-state index in [0.29, 0.717) is 5.56 Å². The molecule has 0 spiro atoms. The maximum atomic E-state index is 13.7. The van der Waals surface area contributed by atoms with Crippen LogP contribution in [0.25, 0.3) is 11.4 Å². The summed E-state index contributed by atoms with van der Waals surface area (Å²) in [5, 5.41) is 7.15. The summed E-state index contributed by atoms with van der Waals surface area (Å²) >= 11 is 3.14. The summed E-state index contributed by atoms with van der Waals surface area (Å²) in [6.07, 6.45) is 0. The van der Waals surface area contributed by atoms with Crippen LogP contribution in [0, 0.1) is 5.82 Å². The van der Waals surface area contributed by atoms with Gasteiger partial charge in [0, 0.05) is 21.8 Å². The third kappa shape index (κ3) is 3.12. The quantitative estimate of drug-likeness (QED) is 0.729. The lowest BCUT2D eigenvalue weighted by Gasteiger charge is -2.24. The van der Waals surface area contributed by atoms with Gasteiger partial charge >= 0.3 is 0 Å². The van der Waals surface area contributed by atoms with Crippen molar-refractivity contribution >= 4 is 35.7 Å². The molecule has 0 N–H and O–H groups in total. The summed E-state index contributed by atoms with van der Waals surface area (Å²) < 4.78 is 38.5. The van der Waals surface area contributed by atoms with Crippen LogP contribution in [0.1, 0.15) is 20.8 Å². The third-order valence-corrected chi connectivity index (χ3v) is 4.64. The molecule has 0 atom stereocenters. The molecule has 1 aromatic heterocycles. The van der Waals surface area contributed by atoms with Crippen molar-refractivity contribution in [3.63, 3.8) is 0 Å². The van der Waals surface area contributed by atoms with Crippen LogP contribution in [0.2, 0.25) is 0 Å². The van der Waals surface area contributed by atoms with Crippen LogP contribution in [0.3, 0.4) is 0 Å². The Morgan fingerprint density at radius 1 is 1.29 bits per heavy atom. The van der Waals surface area contributed by atoms with E-state index in [2.05, 4.69) is 26.1 Å². The summed E-state index contributed by atoms with van der Waals surface area (Å²) in [4.78, 5) is 0. The van der Waals surface area contributed by atoms with Crippen LogP contribution < -0.4 is 0 Å². The second kappa shape index (κ2) is 5.33. The molecule has 2 aromatic rings. The highest BCUT2D eigenvalue weighted by Gasteiger charge is 2.31. The van der Waals surface area contributed by atoms with E-state index in [1.165, 1.54) is 16.7 Å². The second-order valence-corrected chi connectivity index (χ2v) is 8.60. The first kappa shape index (κ1) is 16.4. The van der Waals surface area contributed by atoms with Gasteiger partial charge in [0.25, 0.3) is 14.2 Å². The molecule has 0 radical (unpaired) electrons. The first-order chi connectivity index (χ1) is 9.53. The maximum Gasteiger partial charge on any atom is 0.296 e.